The van der Waals surface area contributed by atoms with Crippen LogP contribution in [0, 0.1) is 0 Å². The minimum atomic E-state index is 0.429. The van der Waals surface area contributed by atoms with Gasteiger partial charge in [0.25, 0.3) is 5.95 Å². The molecule has 0 aliphatic carbocycles. The molecule has 2 aromatic carbocycles. The maximum absolute atomic E-state index is 4.25. The number of nitrogens with one attached hydrogen (secondary N) is 1. The monoisotopic (exact) mass is 342 g/mol. The van der Waals surface area contributed by atoms with Crippen molar-refractivity contribution in [3.05, 3.63) is 90.3 Å². The average Bonchev–Trinajstić information content (AvgIpc) is 3.14. The van der Waals surface area contributed by atoms with Gasteiger partial charge in [0.2, 0.25) is 0 Å². The third-order valence-electron chi connectivity index (χ3n) is 3.31. The van der Waals surface area contributed by atoms with Crippen LogP contribution in [0.3, 0.4) is 0 Å². The number of allylic oxidation sites excluding steroid dienone is 2. The lowest BCUT2D eigenvalue weighted by Crippen LogP contribution is -1.97. The molecule has 3 rings (SSSR count). The second-order valence-electron chi connectivity index (χ2n) is 5.19. The van der Waals surface area contributed by atoms with Crippen molar-refractivity contribution in [2.24, 2.45) is 10.2 Å². The van der Waals surface area contributed by atoms with Crippen LogP contribution in [0.4, 0.5) is 5.95 Å². The molecule has 1 N–H and O–H groups in total. The Hall–Kier alpha value is -3.80. The molecule has 0 fully saturated rings. The predicted molar refractivity (Wildman–Crippen MR) is 107 cm³/mol. The Morgan fingerprint density at radius 2 is 1.42 bits per heavy atom. The number of rotatable bonds is 7. The largest absolute Gasteiger partial charge is 0.265 e. The van der Waals surface area contributed by atoms with Crippen LogP contribution in [0.1, 0.15) is 11.1 Å². The van der Waals surface area contributed by atoms with Gasteiger partial charge in [-0.2, -0.15) is 14.9 Å². The van der Waals surface area contributed by atoms with Crippen molar-refractivity contribution < 1.29 is 0 Å². The topological polar surface area (TPSA) is 67.5 Å². The summed E-state index contributed by atoms with van der Waals surface area (Å²) in [6, 6.07) is 20.0. The van der Waals surface area contributed by atoms with E-state index in [0.29, 0.717) is 5.95 Å². The quantitative estimate of drug-likeness (QED) is 0.522. The molecular weight excluding hydrogens is 324 g/mol. The minimum Gasteiger partial charge on any atom is -0.244 e. The molecule has 0 unspecified atom stereocenters. The van der Waals surface area contributed by atoms with E-state index >= 15 is 0 Å². The standard InChI is InChI=1S/C20H18N6/c1-3-9-18(10-4-1)13-7-15-21-24-20-25-22-17-26(20)23-16-8-14-19-11-5-2-6-12-19/h1-17H,(H,24,25). The third-order valence-corrected chi connectivity index (χ3v) is 3.31. The summed E-state index contributed by atoms with van der Waals surface area (Å²) in [6.45, 7) is 0. The Morgan fingerprint density at radius 1 is 0.808 bits per heavy atom. The Morgan fingerprint density at radius 3 is 2.08 bits per heavy atom. The highest BCUT2D eigenvalue weighted by Crippen LogP contribution is 2.03. The molecule has 6 heteroatoms. The van der Waals surface area contributed by atoms with Crippen molar-refractivity contribution in [3.8, 4) is 0 Å². The van der Waals surface area contributed by atoms with Crippen molar-refractivity contribution in [3.63, 3.8) is 0 Å². The third kappa shape index (κ3) is 5.38. The summed E-state index contributed by atoms with van der Waals surface area (Å²) in [4.78, 5) is 0. The lowest BCUT2D eigenvalue weighted by atomic mass is 10.2. The van der Waals surface area contributed by atoms with E-state index in [1.54, 1.807) is 12.4 Å². The van der Waals surface area contributed by atoms with Gasteiger partial charge in [-0.1, -0.05) is 72.8 Å². The molecule has 0 amide bonds. The van der Waals surface area contributed by atoms with Gasteiger partial charge in [0.15, 0.2) is 0 Å². The van der Waals surface area contributed by atoms with Gasteiger partial charge >= 0.3 is 0 Å². The first-order valence-corrected chi connectivity index (χ1v) is 8.09. The van der Waals surface area contributed by atoms with Crippen molar-refractivity contribution in [1.29, 1.82) is 0 Å². The first-order chi connectivity index (χ1) is 12.9. The Labute approximate surface area is 151 Å². The number of anilines is 1. The molecule has 0 saturated carbocycles. The summed E-state index contributed by atoms with van der Waals surface area (Å²) in [5.41, 5.74) is 5.02. The summed E-state index contributed by atoms with van der Waals surface area (Å²) in [7, 11) is 0. The fourth-order valence-electron chi connectivity index (χ4n) is 2.07. The van der Waals surface area contributed by atoms with Gasteiger partial charge in [-0.25, -0.2) is 5.43 Å². The van der Waals surface area contributed by atoms with Crippen molar-refractivity contribution in [2.45, 2.75) is 0 Å². The maximum Gasteiger partial charge on any atom is 0.265 e. The summed E-state index contributed by atoms with van der Waals surface area (Å²) >= 11 is 0. The van der Waals surface area contributed by atoms with Crippen LogP contribution in [-0.4, -0.2) is 27.3 Å². The Kier molecular flexibility index (Phi) is 6.22. The van der Waals surface area contributed by atoms with Crippen LogP contribution in [-0.2, 0) is 0 Å². The van der Waals surface area contributed by atoms with Gasteiger partial charge in [0, 0.05) is 12.4 Å². The van der Waals surface area contributed by atoms with Crippen molar-refractivity contribution in [1.82, 2.24) is 14.9 Å². The lowest BCUT2D eigenvalue weighted by molar-refractivity contribution is 0.880. The van der Waals surface area contributed by atoms with E-state index in [0.717, 1.165) is 11.1 Å². The van der Waals surface area contributed by atoms with E-state index in [-0.39, 0.29) is 0 Å². The van der Waals surface area contributed by atoms with Crippen molar-refractivity contribution in [2.75, 3.05) is 5.43 Å². The fraction of sp³-hybridized carbons (Fsp3) is 0. The number of aromatic nitrogens is 3. The Balaban J connectivity index is 1.53. The summed E-state index contributed by atoms with van der Waals surface area (Å²) in [5.74, 6) is 0.429. The smallest absolute Gasteiger partial charge is 0.244 e. The number of hydrazone groups is 1. The van der Waals surface area contributed by atoms with E-state index in [2.05, 4.69) is 25.8 Å². The van der Waals surface area contributed by atoms with Gasteiger partial charge in [-0.15, -0.1) is 10.2 Å². The van der Waals surface area contributed by atoms with Gasteiger partial charge in [0.1, 0.15) is 6.33 Å². The zero-order valence-electron chi connectivity index (χ0n) is 14.1. The van der Waals surface area contributed by atoms with Crippen LogP contribution in [0.25, 0.3) is 12.2 Å². The second-order valence-corrected chi connectivity index (χ2v) is 5.19. The normalized spacial score (nSPS) is 12.0. The zero-order valence-corrected chi connectivity index (χ0v) is 14.1. The van der Waals surface area contributed by atoms with E-state index < -0.39 is 0 Å². The molecule has 0 saturated heterocycles. The number of benzene rings is 2. The number of nitrogens with zero attached hydrogens (tertiary/aromatic N) is 5. The van der Waals surface area contributed by atoms with Crippen LogP contribution < -0.4 is 5.43 Å². The molecule has 0 aliphatic rings. The Bertz CT molecular complexity index is 908. The molecule has 3 aromatic rings. The van der Waals surface area contributed by atoms with Gasteiger partial charge in [-0.05, 0) is 23.3 Å². The highest BCUT2D eigenvalue weighted by molar-refractivity contribution is 5.79. The van der Waals surface area contributed by atoms with E-state index in [1.807, 2.05) is 85.0 Å². The van der Waals surface area contributed by atoms with Crippen molar-refractivity contribution >= 4 is 30.5 Å². The average molecular weight is 342 g/mol. The molecule has 26 heavy (non-hydrogen) atoms. The van der Waals surface area contributed by atoms with Gasteiger partial charge in [-0.3, -0.25) is 0 Å². The number of hydrogen-bond donors (Lipinski definition) is 1. The molecule has 0 radical (unpaired) electrons. The molecule has 0 spiro atoms. The summed E-state index contributed by atoms with van der Waals surface area (Å²) in [6.07, 6.45) is 12.4. The maximum atomic E-state index is 4.25. The van der Waals surface area contributed by atoms with Crippen LogP contribution >= 0.6 is 0 Å². The molecular formula is C20H18N6. The molecule has 128 valence electrons. The predicted octanol–water partition coefficient (Wildman–Crippen LogP) is 3.94. The van der Waals surface area contributed by atoms with E-state index in [1.165, 1.54) is 11.0 Å². The highest BCUT2D eigenvalue weighted by Gasteiger charge is 1.98. The molecule has 1 heterocycles. The summed E-state index contributed by atoms with van der Waals surface area (Å²) < 4.78 is 1.51. The first-order valence-electron chi connectivity index (χ1n) is 8.09. The van der Waals surface area contributed by atoms with E-state index in [9.17, 15) is 0 Å². The lowest BCUT2D eigenvalue weighted by Gasteiger charge is -1.97. The number of hydrogen-bond acceptors (Lipinski definition) is 5. The molecule has 6 nitrogen and oxygen atoms in total. The fourth-order valence-corrected chi connectivity index (χ4v) is 2.07. The highest BCUT2D eigenvalue weighted by atomic mass is 15.5. The minimum absolute atomic E-state index is 0.429. The van der Waals surface area contributed by atoms with Crippen LogP contribution in [0.5, 0.6) is 0 Å². The van der Waals surface area contributed by atoms with Crippen LogP contribution in [0.2, 0.25) is 0 Å². The molecule has 0 atom stereocenters. The van der Waals surface area contributed by atoms with Crippen LogP contribution in [0.15, 0.2) is 89.3 Å². The van der Waals surface area contributed by atoms with E-state index in [4.69, 9.17) is 0 Å². The molecule has 1 aromatic heterocycles. The van der Waals surface area contributed by atoms with Gasteiger partial charge < -0.3 is 0 Å². The molecule has 0 bridgehead atoms. The van der Waals surface area contributed by atoms with Gasteiger partial charge in [0.05, 0.1) is 0 Å². The summed E-state index contributed by atoms with van der Waals surface area (Å²) in [5, 5.41) is 16.1. The molecule has 0 aliphatic heterocycles. The second kappa shape index (κ2) is 9.48. The zero-order chi connectivity index (χ0) is 17.9. The SMILES string of the molecule is C(=Cc1ccccc1)C=NNc1nncn1N=CC=Cc1ccccc1. The first kappa shape index (κ1) is 17.0.